The van der Waals surface area contributed by atoms with Gasteiger partial charge in [0.25, 0.3) is 0 Å². The van der Waals surface area contributed by atoms with Crippen LogP contribution in [0.5, 0.6) is 0 Å². The molecule has 0 bridgehead atoms. The second kappa shape index (κ2) is 4.88. The number of hydrogen-bond acceptors (Lipinski definition) is 3. The monoisotopic (exact) mass is 276 g/mol. The number of nitrogens with zero attached hydrogens (tertiary/aromatic N) is 2. The molecular formula is C15H24N4O. The largest absolute Gasteiger partial charge is 0.317 e. The molecule has 1 aromatic rings. The van der Waals surface area contributed by atoms with Gasteiger partial charge in [0.1, 0.15) is 5.82 Å². The zero-order chi connectivity index (χ0) is 14.3. The number of hydrogen-bond donors (Lipinski definition) is 2. The lowest BCUT2D eigenvalue weighted by Gasteiger charge is -2.23. The van der Waals surface area contributed by atoms with Gasteiger partial charge in [-0.3, -0.25) is 9.48 Å². The zero-order valence-electron chi connectivity index (χ0n) is 12.6. The molecule has 1 unspecified atom stereocenters. The van der Waals surface area contributed by atoms with Gasteiger partial charge in [-0.25, -0.2) is 0 Å². The molecule has 1 aromatic heterocycles. The highest BCUT2D eigenvalue weighted by Crippen LogP contribution is 2.58. The molecule has 20 heavy (non-hydrogen) atoms. The van der Waals surface area contributed by atoms with Gasteiger partial charge >= 0.3 is 0 Å². The molecule has 3 rings (SSSR count). The Morgan fingerprint density at radius 1 is 1.50 bits per heavy atom. The maximum absolute atomic E-state index is 12.5. The summed E-state index contributed by atoms with van der Waals surface area (Å²) in [5.74, 6) is 1.26. The van der Waals surface area contributed by atoms with Crippen molar-refractivity contribution in [3.63, 3.8) is 0 Å². The fraction of sp³-hybridized carbons (Fsp3) is 0.733. The summed E-state index contributed by atoms with van der Waals surface area (Å²) in [4.78, 5) is 12.5. The first-order valence-electron chi connectivity index (χ1n) is 7.61. The summed E-state index contributed by atoms with van der Waals surface area (Å²) in [5, 5.41) is 10.9. The highest BCUT2D eigenvalue weighted by Gasteiger charge is 2.57. The Bertz CT molecular complexity index is 528. The molecular weight excluding hydrogens is 252 g/mol. The number of nitrogens with one attached hydrogen (secondary N) is 2. The molecule has 2 N–H and O–H groups in total. The van der Waals surface area contributed by atoms with Crippen LogP contribution in [0.3, 0.4) is 0 Å². The quantitative estimate of drug-likeness (QED) is 0.882. The Kier molecular flexibility index (Phi) is 3.32. The molecule has 5 nitrogen and oxygen atoms in total. The standard InChI is InChI=1S/C15H24N4O/c1-4-11-10(2)18-19(3)13(11)17-14(20)12-9-15(12)5-7-16-8-6-15/h12,16H,4-9H2,1-3H3,(H,17,20). The van der Waals surface area contributed by atoms with Crippen molar-refractivity contribution in [2.45, 2.75) is 39.5 Å². The van der Waals surface area contributed by atoms with Crippen LogP contribution >= 0.6 is 0 Å². The van der Waals surface area contributed by atoms with E-state index in [9.17, 15) is 4.79 Å². The first-order valence-corrected chi connectivity index (χ1v) is 7.61. The minimum absolute atomic E-state index is 0.185. The van der Waals surface area contributed by atoms with E-state index in [1.54, 1.807) is 4.68 Å². The molecule has 0 radical (unpaired) electrons. The number of rotatable bonds is 3. The number of amides is 1. The summed E-state index contributed by atoms with van der Waals surface area (Å²) in [6.45, 7) is 6.20. The van der Waals surface area contributed by atoms with Crippen molar-refractivity contribution in [1.82, 2.24) is 15.1 Å². The fourth-order valence-electron chi connectivity index (χ4n) is 3.68. The molecule has 1 aliphatic carbocycles. The third-order valence-corrected chi connectivity index (χ3v) is 5.05. The summed E-state index contributed by atoms with van der Waals surface area (Å²) in [5.41, 5.74) is 2.45. The third kappa shape index (κ3) is 2.14. The van der Waals surface area contributed by atoms with Gasteiger partial charge in [0, 0.05) is 18.5 Å². The van der Waals surface area contributed by atoms with E-state index in [-0.39, 0.29) is 17.2 Å². The van der Waals surface area contributed by atoms with Crippen LogP contribution < -0.4 is 10.6 Å². The molecule has 1 aliphatic heterocycles. The molecule has 1 atom stereocenters. The van der Waals surface area contributed by atoms with Gasteiger partial charge in [0.05, 0.1) is 5.69 Å². The molecule has 2 aliphatic rings. The van der Waals surface area contributed by atoms with Crippen molar-refractivity contribution in [2.75, 3.05) is 18.4 Å². The number of aryl methyl sites for hydroxylation is 2. The van der Waals surface area contributed by atoms with Crippen molar-refractivity contribution in [2.24, 2.45) is 18.4 Å². The molecule has 1 saturated carbocycles. The minimum Gasteiger partial charge on any atom is -0.317 e. The van der Waals surface area contributed by atoms with Gasteiger partial charge in [-0.15, -0.1) is 0 Å². The minimum atomic E-state index is 0.185. The maximum Gasteiger partial charge on any atom is 0.229 e. The number of anilines is 1. The summed E-state index contributed by atoms with van der Waals surface area (Å²) >= 11 is 0. The number of carbonyl (C=O) groups is 1. The molecule has 1 saturated heterocycles. The van der Waals surface area contributed by atoms with E-state index in [1.165, 1.54) is 0 Å². The summed E-state index contributed by atoms with van der Waals surface area (Å²) in [6, 6.07) is 0. The zero-order valence-corrected chi connectivity index (χ0v) is 12.6. The van der Waals surface area contributed by atoms with E-state index in [0.717, 1.165) is 55.8 Å². The Morgan fingerprint density at radius 2 is 2.20 bits per heavy atom. The van der Waals surface area contributed by atoms with E-state index >= 15 is 0 Å². The van der Waals surface area contributed by atoms with Crippen LogP contribution in [0.4, 0.5) is 5.82 Å². The number of aromatic nitrogens is 2. The normalized spacial score (nSPS) is 23.9. The Hall–Kier alpha value is -1.36. The molecule has 2 fully saturated rings. The van der Waals surface area contributed by atoms with Crippen LogP contribution in [-0.2, 0) is 18.3 Å². The molecule has 1 amide bonds. The lowest BCUT2D eigenvalue weighted by atomic mass is 9.92. The highest BCUT2D eigenvalue weighted by atomic mass is 16.2. The topological polar surface area (TPSA) is 59.0 Å². The molecule has 2 heterocycles. The van der Waals surface area contributed by atoms with Crippen LogP contribution in [0.25, 0.3) is 0 Å². The fourth-order valence-corrected chi connectivity index (χ4v) is 3.68. The van der Waals surface area contributed by atoms with Gasteiger partial charge in [0.2, 0.25) is 5.91 Å². The molecule has 1 spiro atoms. The lowest BCUT2D eigenvalue weighted by Crippen LogP contribution is -2.32. The first-order chi connectivity index (χ1) is 9.57. The van der Waals surface area contributed by atoms with E-state index in [1.807, 2.05) is 14.0 Å². The van der Waals surface area contributed by atoms with Gasteiger partial charge in [-0.1, -0.05) is 6.92 Å². The van der Waals surface area contributed by atoms with Gasteiger partial charge in [-0.05, 0) is 51.1 Å². The maximum atomic E-state index is 12.5. The van der Waals surface area contributed by atoms with Crippen molar-refractivity contribution in [3.05, 3.63) is 11.3 Å². The van der Waals surface area contributed by atoms with E-state index in [4.69, 9.17) is 0 Å². The smallest absolute Gasteiger partial charge is 0.229 e. The third-order valence-electron chi connectivity index (χ3n) is 5.05. The SMILES string of the molecule is CCc1c(C)nn(C)c1NC(=O)C1CC12CCNCC2. The number of piperidine rings is 1. The second-order valence-corrected chi connectivity index (χ2v) is 6.25. The predicted octanol–water partition coefficient (Wildman–Crippen LogP) is 1.62. The van der Waals surface area contributed by atoms with E-state index < -0.39 is 0 Å². The average molecular weight is 276 g/mol. The summed E-state index contributed by atoms with van der Waals surface area (Å²) in [6.07, 6.45) is 4.22. The van der Waals surface area contributed by atoms with Crippen molar-refractivity contribution < 1.29 is 4.79 Å². The van der Waals surface area contributed by atoms with Crippen LogP contribution in [0, 0.1) is 18.3 Å². The van der Waals surface area contributed by atoms with Crippen molar-refractivity contribution in [3.8, 4) is 0 Å². The van der Waals surface area contributed by atoms with Crippen molar-refractivity contribution >= 4 is 11.7 Å². The van der Waals surface area contributed by atoms with Crippen LogP contribution in [0.15, 0.2) is 0 Å². The van der Waals surface area contributed by atoms with Gasteiger partial charge < -0.3 is 10.6 Å². The predicted molar refractivity (Wildman–Crippen MR) is 78.6 cm³/mol. The average Bonchev–Trinajstić information content (AvgIpc) is 3.04. The number of carbonyl (C=O) groups excluding carboxylic acids is 1. The first kappa shape index (κ1) is 13.6. The van der Waals surface area contributed by atoms with Gasteiger partial charge in [-0.2, -0.15) is 5.10 Å². The highest BCUT2D eigenvalue weighted by molar-refractivity contribution is 5.95. The summed E-state index contributed by atoms with van der Waals surface area (Å²) in [7, 11) is 1.90. The molecule has 0 aromatic carbocycles. The summed E-state index contributed by atoms with van der Waals surface area (Å²) < 4.78 is 1.80. The Morgan fingerprint density at radius 3 is 2.85 bits per heavy atom. The Labute approximate surface area is 120 Å². The van der Waals surface area contributed by atoms with Gasteiger partial charge in [0.15, 0.2) is 0 Å². The molecule has 5 heteroatoms. The van der Waals surface area contributed by atoms with E-state index in [2.05, 4.69) is 22.7 Å². The van der Waals surface area contributed by atoms with Crippen LogP contribution in [0.2, 0.25) is 0 Å². The second-order valence-electron chi connectivity index (χ2n) is 6.25. The molecule has 110 valence electrons. The van der Waals surface area contributed by atoms with Crippen molar-refractivity contribution in [1.29, 1.82) is 0 Å². The lowest BCUT2D eigenvalue weighted by molar-refractivity contribution is -0.118. The van der Waals surface area contributed by atoms with E-state index in [0.29, 0.717) is 0 Å². The Balaban J connectivity index is 1.71. The van der Waals surface area contributed by atoms with Crippen LogP contribution in [-0.4, -0.2) is 28.8 Å². The van der Waals surface area contributed by atoms with Crippen LogP contribution in [0.1, 0.15) is 37.4 Å².